The van der Waals surface area contributed by atoms with Gasteiger partial charge in [-0.2, -0.15) is 0 Å². The number of hydrogen-bond donors (Lipinski definition) is 0. The van der Waals surface area contributed by atoms with E-state index < -0.39 is 0 Å². The second-order valence-corrected chi connectivity index (χ2v) is 7.43. The molecule has 3 rings (SSSR count). The van der Waals surface area contributed by atoms with Gasteiger partial charge in [0, 0.05) is 32.1 Å². The molecule has 0 radical (unpaired) electrons. The highest BCUT2D eigenvalue weighted by Crippen LogP contribution is 2.32. The number of nitrogens with zero attached hydrogens (tertiary/aromatic N) is 2. The summed E-state index contributed by atoms with van der Waals surface area (Å²) >= 11 is 0. The van der Waals surface area contributed by atoms with Crippen LogP contribution in [0, 0.1) is 5.92 Å². The lowest BCUT2D eigenvalue weighted by Crippen LogP contribution is -2.38. The van der Waals surface area contributed by atoms with E-state index in [1.54, 1.807) is 4.90 Å². The molecule has 4 nitrogen and oxygen atoms in total. The van der Waals surface area contributed by atoms with E-state index >= 15 is 0 Å². The molecule has 1 unspecified atom stereocenters. The Labute approximate surface area is 144 Å². The summed E-state index contributed by atoms with van der Waals surface area (Å²) < 4.78 is 0. The number of carbonyl (C=O) groups is 2. The third kappa shape index (κ3) is 3.63. The molecule has 0 bridgehead atoms. The number of hydrogen-bond acceptors (Lipinski definition) is 2. The van der Waals surface area contributed by atoms with E-state index in [1.807, 2.05) is 11.8 Å². The average Bonchev–Trinajstić information content (AvgIpc) is 3.34. The van der Waals surface area contributed by atoms with Crippen molar-refractivity contribution in [2.24, 2.45) is 5.92 Å². The standard InChI is InChI=1S/C20H28N2O2/c1-4-21-13-17(11-19(21)23)20(24)22(18-9-10-18)12-15-5-7-16(8-6-15)14(2)3/h5-8,14,17-18H,4,9-13H2,1-3H3. The molecule has 0 N–H and O–H groups in total. The van der Waals surface area contributed by atoms with Gasteiger partial charge < -0.3 is 9.80 Å². The van der Waals surface area contributed by atoms with Crippen LogP contribution < -0.4 is 0 Å². The van der Waals surface area contributed by atoms with Crippen molar-refractivity contribution in [2.75, 3.05) is 13.1 Å². The van der Waals surface area contributed by atoms with Crippen LogP contribution in [0.3, 0.4) is 0 Å². The molecule has 1 heterocycles. The largest absolute Gasteiger partial charge is 0.342 e. The molecule has 1 aromatic carbocycles. The van der Waals surface area contributed by atoms with E-state index in [4.69, 9.17) is 0 Å². The highest BCUT2D eigenvalue weighted by Gasteiger charge is 2.40. The zero-order valence-corrected chi connectivity index (χ0v) is 15.0. The SMILES string of the molecule is CCN1CC(C(=O)N(Cc2ccc(C(C)C)cc2)C2CC2)CC1=O. The summed E-state index contributed by atoms with van der Waals surface area (Å²) in [7, 11) is 0. The minimum Gasteiger partial charge on any atom is -0.342 e. The molecular weight excluding hydrogens is 300 g/mol. The van der Waals surface area contributed by atoms with E-state index in [-0.39, 0.29) is 17.7 Å². The molecule has 2 amide bonds. The van der Waals surface area contributed by atoms with Crippen molar-refractivity contribution in [1.29, 1.82) is 0 Å². The maximum atomic E-state index is 13.0. The van der Waals surface area contributed by atoms with Gasteiger partial charge in [-0.3, -0.25) is 9.59 Å². The van der Waals surface area contributed by atoms with E-state index in [0.29, 0.717) is 38.0 Å². The van der Waals surface area contributed by atoms with Crippen LogP contribution in [0.15, 0.2) is 24.3 Å². The van der Waals surface area contributed by atoms with Crippen molar-refractivity contribution in [1.82, 2.24) is 9.80 Å². The number of carbonyl (C=O) groups excluding carboxylic acids is 2. The van der Waals surface area contributed by atoms with Crippen LogP contribution in [0.4, 0.5) is 0 Å². The first-order valence-electron chi connectivity index (χ1n) is 9.16. The average molecular weight is 328 g/mol. The summed E-state index contributed by atoms with van der Waals surface area (Å²) in [5.41, 5.74) is 2.50. The number of amides is 2. The fraction of sp³-hybridized carbons (Fsp3) is 0.600. The molecular formula is C20H28N2O2. The van der Waals surface area contributed by atoms with Gasteiger partial charge >= 0.3 is 0 Å². The third-order valence-electron chi connectivity index (χ3n) is 5.22. The van der Waals surface area contributed by atoms with Gasteiger partial charge in [0.25, 0.3) is 0 Å². The van der Waals surface area contributed by atoms with Crippen LogP contribution in [0.25, 0.3) is 0 Å². The van der Waals surface area contributed by atoms with Gasteiger partial charge in [-0.1, -0.05) is 38.1 Å². The normalized spacial score (nSPS) is 20.8. The summed E-state index contributed by atoms with van der Waals surface area (Å²) in [5, 5.41) is 0. The van der Waals surface area contributed by atoms with Crippen molar-refractivity contribution in [3.63, 3.8) is 0 Å². The summed E-state index contributed by atoms with van der Waals surface area (Å²) in [6.45, 7) is 8.29. The summed E-state index contributed by atoms with van der Waals surface area (Å²) in [6, 6.07) is 8.96. The quantitative estimate of drug-likeness (QED) is 0.805. The van der Waals surface area contributed by atoms with Crippen molar-refractivity contribution < 1.29 is 9.59 Å². The Bertz CT molecular complexity index is 605. The number of likely N-dealkylation sites (tertiary alicyclic amines) is 1. The second kappa shape index (κ2) is 6.96. The maximum absolute atomic E-state index is 13.0. The summed E-state index contributed by atoms with van der Waals surface area (Å²) in [6.07, 6.45) is 2.56. The molecule has 1 saturated carbocycles. The van der Waals surface area contributed by atoms with Crippen molar-refractivity contribution in [3.8, 4) is 0 Å². The summed E-state index contributed by atoms with van der Waals surface area (Å²) in [5.74, 6) is 0.639. The molecule has 2 fully saturated rings. The van der Waals surface area contributed by atoms with Gasteiger partial charge in [0.1, 0.15) is 0 Å². The van der Waals surface area contributed by atoms with Crippen LogP contribution in [0.2, 0.25) is 0 Å². The van der Waals surface area contributed by atoms with Gasteiger partial charge in [0.2, 0.25) is 11.8 Å². The first kappa shape index (κ1) is 17.0. The van der Waals surface area contributed by atoms with Crippen LogP contribution in [0.5, 0.6) is 0 Å². The highest BCUT2D eigenvalue weighted by atomic mass is 16.2. The lowest BCUT2D eigenvalue weighted by molar-refractivity contribution is -0.137. The maximum Gasteiger partial charge on any atom is 0.228 e. The second-order valence-electron chi connectivity index (χ2n) is 7.43. The Morgan fingerprint density at radius 1 is 1.25 bits per heavy atom. The van der Waals surface area contributed by atoms with Crippen molar-refractivity contribution in [2.45, 2.75) is 58.5 Å². The van der Waals surface area contributed by atoms with Crippen LogP contribution >= 0.6 is 0 Å². The number of rotatable bonds is 6. The summed E-state index contributed by atoms with van der Waals surface area (Å²) in [4.78, 5) is 28.7. The van der Waals surface area contributed by atoms with Gasteiger partial charge in [-0.05, 0) is 36.8 Å². The fourth-order valence-corrected chi connectivity index (χ4v) is 3.46. The lowest BCUT2D eigenvalue weighted by atomic mass is 10.0. The Morgan fingerprint density at radius 2 is 1.92 bits per heavy atom. The van der Waals surface area contributed by atoms with Crippen LogP contribution in [-0.4, -0.2) is 40.7 Å². The molecule has 1 atom stereocenters. The zero-order chi connectivity index (χ0) is 17.3. The molecule has 130 valence electrons. The molecule has 0 aromatic heterocycles. The van der Waals surface area contributed by atoms with Gasteiger partial charge in [0.05, 0.1) is 5.92 Å². The lowest BCUT2D eigenvalue weighted by Gasteiger charge is -2.26. The molecule has 1 aliphatic heterocycles. The minimum absolute atomic E-state index is 0.118. The van der Waals surface area contributed by atoms with E-state index in [2.05, 4.69) is 38.1 Å². The highest BCUT2D eigenvalue weighted by molar-refractivity contribution is 5.89. The topological polar surface area (TPSA) is 40.6 Å². The fourth-order valence-electron chi connectivity index (χ4n) is 3.46. The molecule has 0 spiro atoms. The third-order valence-corrected chi connectivity index (χ3v) is 5.22. The molecule has 2 aliphatic rings. The Kier molecular flexibility index (Phi) is 4.93. The van der Waals surface area contributed by atoms with Crippen LogP contribution in [0.1, 0.15) is 57.1 Å². The van der Waals surface area contributed by atoms with Crippen molar-refractivity contribution in [3.05, 3.63) is 35.4 Å². The molecule has 1 aliphatic carbocycles. The van der Waals surface area contributed by atoms with Crippen LogP contribution in [-0.2, 0) is 16.1 Å². The molecule has 4 heteroatoms. The molecule has 1 aromatic rings. The van der Waals surface area contributed by atoms with E-state index in [0.717, 1.165) is 12.8 Å². The van der Waals surface area contributed by atoms with E-state index in [1.165, 1.54) is 11.1 Å². The molecule has 1 saturated heterocycles. The van der Waals surface area contributed by atoms with Gasteiger partial charge in [-0.15, -0.1) is 0 Å². The first-order valence-corrected chi connectivity index (χ1v) is 9.16. The predicted octanol–water partition coefficient (Wildman–Crippen LogP) is 3.17. The Balaban J connectivity index is 1.69. The predicted molar refractivity (Wildman–Crippen MR) is 94.5 cm³/mol. The van der Waals surface area contributed by atoms with Gasteiger partial charge in [-0.25, -0.2) is 0 Å². The monoisotopic (exact) mass is 328 g/mol. The molecule has 24 heavy (non-hydrogen) atoms. The Morgan fingerprint density at radius 3 is 2.42 bits per heavy atom. The smallest absolute Gasteiger partial charge is 0.228 e. The Hall–Kier alpha value is -1.84. The van der Waals surface area contributed by atoms with E-state index in [9.17, 15) is 9.59 Å². The minimum atomic E-state index is -0.159. The first-order chi connectivity index (χ1) is 11.5. The zero-order valence-electron chi connectivity index (χ0n) is 15.0. The van der Waals surface area contributed by atoms with Gasteiger partial charge in [0.15, 0.2) is 0 Å². The number of benzene rings is 1. The van der Waals surface area contributed by atoms with Crippen molar-refractivity contribution >= 4 is 11.8 Å².